The van der Waals surface area contributed by atoms with Crippen molar-refractivity contribution < 1.29 is 0 Å². The van der Waals surface area contributed by atoms with E-state index in [1.165, 1.54) is 30.5 Å². The van der Waals surface area contributed by atoms with Gasteiger partial charge in [0.1, 0.15) is 0 Å². The number of aromatic nitrogens is 2. The second kappa shape index (κ2) is 6.73. The Morgan fingerprint density at radius 3 is 2.64 bits per heavy atom. The predicted molar refractivity (Wildman–Crippen MR) is 101 cm³/mol. The highest BCUT2D eigenvalue weighted by molar-refractivity contribution is 5.66. The minimum atomic E-state index is -0.117. The summed E-state index contributed by atoms with van der Waals surface area (Å²) in [6, 6.07) is 17.5. The largest absolute Gasteiger partial charge is 0.330 e. The molecule has 2 aromatic carbocycles. The summed E-state index contributed by atoms with van der Waals surface area (Å²) >= 11 is 0. The molecule has 0 radical (unpaired) electrons. The normalized spacial score (nSPS) is 17.9. The standard InChI is InChI=1S/C21H23N3O/c1-16-5-4-11-23(16)15-17-6-2-7-18(13-17)19-8-3-9-20(14-19)24-12-10-22-21(24)25/h2-3,6-10,12-14,16H,4-5,11,15H2,1H3,(H,22,25). The minimum absolute atomic E-state index is 0.117. The van der Waals surface area contributed by atoms with Crippen molar-refractivity contribution in [3.05, 3.63) is 77.0 Å². The summed E-state index contributed by atoms with van der Waals surface area (Å²) in [6.45, 7) is 4.51. The summed E-state index contributed by atoms with van der Waals surface area (Å²) in [5.41, 5.74) is 4.42. The van der Waals surface area contributed by atoms with E-state index in [0.717, 1.165) is 17.8 Å². The lowest BCUT2D eigenvalue weighted by Gasteiger charge is -2.21. The van der Waals surface area contributed by atoms with Gasteiger partial charge in [0.05, 0.1) is 5.69 Å². The number of nitrogens with one attached hydrogen (secondary N) is 1. The van der Waals surface area contributed by atoms with Gasteiger partial charge in [-0.25, -0.2) is 4.79 Å². The molecule has 3 aromatic rings. The molecule has 0 amide bonds. The number of aromatic amines is 1. The summed E-state index contributed by atoms with van der Waals surface area (Å²) in [7, 11) is 0. The van der Waals surface area contributed by atoms with E-state index >= 15 is 0 Å². The fraction of sp³-hybridized carbons (Fsp3) is 0.286. The average molecular weight is 333 g/mol. The molecule has 0 saturated carbocycles. The SMILES string of the molecule is CC1CCCN1Cc1cccc(-c2cccc(-n3cc[nH]c3=O)c2)c1. The van der Waals surface area contributed by atoms with Crippen LogP contribution in [0.1, 0.15) is 25.3 Å². The number of nitrogens with zero attached hydrogens (tertiary/aromatic N) is 2. The molecule has 1 atom stereocenters. The first-order valence-electron chi connectivity index (χ1n) is 8.90. The topological polar surface area (TPSA) is 41.0 Å². The van der Waals surface area contributed by atoms with Crippen molar-refractivity contribution in [2.24, 2.45) is 0 Å². The van der Waals surface area contributed by atoms with Crippen molar-refractivity contribution in [3.8, 4) is 16.8 Å². The number of likely N-dealkylation sites (tertiary alicyclic amines) is 1. The molecule has 4 heteroatoms. The van der Waals surface area contributed by atoms with Gasteiger partial charge in [-0.05, 0) is 61.2 Å². The molecular weight excluding hydrogens is 310 g/mol. The Bertz CT molecular complexity index is 924. The summed E-state index contributed by atoms with van der Waals surface area (Å²) in [4.78, 5) is 17.1. The van der Waals surface area contributed by atoms with Crippen molar-refractivity contribution in [2.75, 3.05) is 6.54 Å². The molecule has 4 rings (SSSR count). The van der Waals surface area contributed by atoms with Crippen LogP contribution in [-0.4, -0.2) is 27.0 Å². The van der Waals surface area contributed by atoms with Gasteiger partial charge < -0.3 is 4.98 Å². The molecule has 1 N–H and O–H groups in total. The van der Waals surface area contributed by atoms with Gasteiger partial charge in [0.15, 0.2) is 0 Å². The smallest absolute Gasteiger partial charge is 0.312 e. The Labute approximate surface area is 147 Å². The lowest BCUT2D eigenvalue weighted by atomic mass is 10.0. The van der Waals surface area contributed by atoms with Gasteiger partial charge in [0, 0.05) is 25.0 Å². The van der Waals surface area contributed by atoms with Gasteiger partial charge in [-0.1, -0.05) is 30.3 Å². The summed E-state index contributed by atoms with van der Waals surface area (Å²) in [6.07, 6.45) is 6.01. The number of rotatable bonds is 4. The van der Waals surface area contributed by atoms with Gasteiger partial charge in [-0.2, -0.15) is 0 Å². The van der Waals surface area contributed by atoms with Crippen LogP contribution in [0.2, 0.25) is 0 Å². The van der Waals surface area contributed by atoms with E-state index in [1.807, 2.05) is 12.1 Å². The molecule has 128 valence electrons. The first-order valence-corrected chi connectivity index (χ1v) is 8.90. The second-order valence-corrected chi connectivity index (χ2v) is 6.85. The van der Waals surface area contributed by atoms with Crippen LogP contribution >= 0.6 is 0 Å². The third-order valence-corrected chi connectivity index (χ3v) is 5.11. The molecule has 1 fully saturated rings. The van der Waals surface area contributed by atoms with Crippen LogP contribution in [0.4, 0.5) is 0 Å². The molecule has 2 heterocycles. The van der Waals surface area contributed by atoms with Crippen molar-refractivity contribution in [2.45, 2.75) is 32.4 Å². The maximum absolute atomic E-state index is 11.8. The number of imidazole rings is 1. The number of H-pyrrole nitrogens is 1. The predicted octanol–water partition coefficient (Wildman–Crippen LogP) is 3.82. The highest BCUT2D eigenvalue weighted by Crippen LogP contribution is 2.25. The van der Waals surface area contributed by atoms with Crippen LogP contribution < -0.4 is 5.69 Å². The van der Waals surface area contributed by atoms with E-state index < -0.39 is 0 Å². The van der Waals surface area contributed by atoms with Gasteiger partial charge in [-0.3, -0.25) is 9.47 Å². The highest BCUT2D eigenvalue weighted by atomic mass is 16.1. The zero-order valence-electron chi connectivity index (χ0n) is 14.5. The van der Waals surface area contributed by atoms with E-state index in [-0.39, 0.29) is 5.69 Å². The fourth-order valence-corrected chi connectivity index (χ4v) is 3.67. The average Bonchev–Trinajstić information content (AvgIpc) is 3.24. The number of benzene rings is 2. The van der Waals surface area contributed by atoms with Crippen molar-refractivity contribution in [3.63, 3.8) is 0 Å². The molecular formula is C21H23N3O. The van der Waals surface area contributed by atoms with Crippen LogP contribution in [-0.2, 0) is 6.54 Å². The van der Waals surface area contributed by atoms with Gasteiger partial charge in [0.2, 0.25) is 0 Å². The van der Waals surface area contributed by atoms with Crippen LogP contribution in [0, 0.1) is 0 Å². The third kappa shape index (κ3) is 3.30. The van der Waals surface area contributed by atoms with Crippen LogP contribution in [0.15, 0.2) is 65.7 Å². The summed E-state index contributed by atoms with van der Waals surface area (Å²) in [5, 5.41) is 0. The molecule has 0 spiro atoms. The Morgan fingerprint density at radius 1 is 1.12 bits per heavy atom. The van der Waals surface area contributed by atoms with Crippen LogP contribution in [0.5, 0.6) is 0 Å². The maximum atomic E-state index is 11.8. The van der Waals surface area contributed by atoms with E-state index in [9.17, 15) is 4.79 Å². The maximum Gasteiger partial charge on any atom is 0.330 e. The molecule has 1 saturated heterocycles. The lowest BCUT2D eigenvalue weighted by Crippen LogP contribution is -2.26. The number of hydrogen-bond donors (Lipinski definition) is 1. The fourth-order valence-electron chi connectivity index (χ4n) is 3.67. The van der Waals surface area contributed by atoms with Gasteiger partial charge in [-0.15, -0.1) is 0 Å². The molecule has 0 aliphatic carbocycles. The first kappa shape index (κ1) is 15.9. The monoisotopic (exact) mass is 333 g/mol. The summed E-state index contributed by atoms with van der Waals surface area (Å²) < 4.78 is 1.62. The number of hydrogen-bond acceptors (Lipinski definition) is 2. The molecule has 4 nitrogen and oxygen atoms in total. The van der Waals surface area contributed by atoms with Gasteiger partial charge >= 0.3 is 5.69 Å². The van der Waals surface area contributed by atoms with Crippen LogP contribution in [0.25, 0.3) is 16.8 Å². The van der Waals surface area contributed by atoms with E-state index in [2.05, 4.69) is 53.2 Å². The lowest BCUT2D eigenvalue weighted by molar-refractivity contribution is 0.260. The van der Waals surface area contributed by atoms with E-state index in [4.69, 9.17) is 0 Å². The van der Waals surface area contributed by atoms with Crippen LogP contribution in [0.3, 0.4) is 0 Å². The third-order valence-electron chi connectivity index (χ3n) is 5.11. The molecule has 25 heavy (non-hydrogen) atoms. The quantitative estimate of drug-likeness (QED) is 0.788. The Morgan fingerprint density at radius 2 is 1.92 bits per heavy atom. The Kier molecular flexibility index (Phi) is 4.28. The zero-order valence-corrected chi connectivity index (χ0v) is 14.5. The minimum Gasteiger partial charge on any atom is -0.312 e. The molecule has 1 aromatic heterocycles. The molecule has 0 bridgehead atoms. The van der Waals surface area contributed by atoms with Gasteiger partial charge in [0.25, 0.3) is 0 Å². The molecule has 1 unspecified atom stereocenters. The van der Waals surface area contributed by atoms with E-state index in [1.54, 1.807) is 17.0 Å². The Balaban J connectivity index is 1.63. The van der Waals surface area contributed by atoms with Crippen molar-refractivity contribution in [1.82, 2.24) is 14.5 Å². The van der Waals surface area contributed by atoms with Crippen molar-refractivity contribution in [1.29, 1.82) is 0 Å². The second-order valence-electron chi connectivity index (χ2n) is 6.85. The zero-order chi connectivity index (χ0) is 17.2. The summed E-state index contributed by atoms with van der Waals surface area (Å²) in [5.74, 6) is 0. The first-order chi connectivity index (χ1) is 12.2. The molecule has 1 aliphatic heterocycles. The molecule has 1 aliphatic rings. The Hall–Kier alpha value is -2.59. The highest BCUT2D eigenvalue weighted by Gasteiger charge is 2.20. The van der Waals surface area contributed by atoms with E-state index in [0.29, 0.717) is 6.04 Å². The van der Waals surface area contributed by atoms with Crippen molar-refractivity contribution >= 4 is 0 Å².